The van der Waals surface area contributed by atoms with Crippen LogP contribution in [0.4, 0.5) is 0 Å². The Morgan fingerprint density at radius 1 is 1.14 bits per heavy atom. The Labute approximate surface area is 119 Å². The van der Waals surface area contributed by atoms with Gasteiger partial charge in [0.25, 0.3) is 5.91 Å². The number of amides is 1. The Hall–Kier alpha value is -2.96. The van der Waals surface area contributed by atoms with E-state index >= 15 is 0 Å². The minimum atomic E-state index is -1.49. The molecule has 0 aliphatic carbocycles. The van der Waals surface area contributed by atoms with Gasteiger partial charge in [0.15, 0.2) is 0 Å². The minimum Gasteiger partial charge on any atom is -0.481 e. The zero-order valence-electron chi connectivity index (χ0n) is 10.8. The molecule has 7 nitrogen and oxygen atoms in total. The summed E-state index contributed by atoms with van der Waals surface area (Å²) in [5.74, 6) is -3.38. The molecule has 3 N–H and O–H groups in total. The average molecular weight is 288 g/mol. The van der Waals surface area contributed by atoms with E-state index in [1.54, 1.807) is 24.3 Å². The minimum absolute atomic E-state index is 0.199. The molecular formula is C14H12N2O5. The molecule has 0 fully saturated rings. The van der Waals surface area contributed by atoms with Crippen LogP contribution in [-0.2, 0) is 9.59 Å². The molecule has 0 aliphatic rings. The summed E-state index contributed by atoms with van der Waals surface area (Å²) in [6, 6.07) is 6.91. The normalized spacial score (nSPS) is 11.8. The predicted molar refractivity (Wildman–Crippen MR) is 72.9 cm³/mol. The summed E-state index contributed by atoms with van der Waals surface area (Å²) in [7, 11) is 0. The third-order valence-corrected chi connectivity index (χ3v) is 2.86. The van der Waals surface area contributed by atoms with Crippen LogP contribution in [0.15, 0.2) is 36.5 Å². The summed E-state index contributed by atoms with van der Waals surface area (Å²) in [6.45, 7) is 0. The van der Waals surface area contributed by atoms with Gasteiger partial charge < -0.3 is 15.5 Å². The van der Waals surface area contributed by atoms with E-state index in [-0.39, 0.29) is 5.56 Å². The van der Waals surface area contributed by atoms with Crippen LogP contribution < -0.4 is 5.32 Å². The Kier molecular flexibility index (Phi) is 4.13. The number of aliphatic carboxylic acids is 2. The van der Waals surface area contributed by atoms with E-state index in [2.05, 4.69) is 10.3 Å². The number of para-hydroxylation sites is 1. The lowest BCUT2D eigenvalue weighted by molar-refractivity contribution is -0.145. The topological polar surface area (TPSA) is 117 Å². The summed E-state index contributed by atoms with van der Waals surface area (Å²) in [6.07, 6.45) is 0.824. The van der Waals surface area contributed by atoms with Crippen molar-refractivity contribution in [1.82, 2.24) is 10.3 Å². The number of nitrogens with zero attached hydrogens (tertiary/aromatic N) is 1. The molecule has 0 spiro atoms. The SMILES string of the molecule is O=C(O)C[C@@H](NC(=O)c1cccc2cccnc12)C(=O)O. The maximum absolute atomic E-state index is 12.1. The number of hydrogen-bond acceptors (Lipinski definition) is 4. The fourth-order valence-corrected chi connectivity index (χ4v) is 1.90. The number of carbonyl (C=O) groups excluding carboxylic acids is 1. The number of pyridine rings is 1. The van der Waals surface area contributed by atoms with E-state index in [9.17, 15) is 14.4 Å². The summed E-state index contributed by atoms with van der Waals surface area (Å²) in [5.41, 5.74) is 0.627. The average Bonchev–Trinajstić information content (AvgIpc) is 2.45. The number of carbonyl (C=O) groups is 3. The summed E-state index contributed by atoms with van der Waals surface area (Å²) < 4.78 is 0. The van der Waals surface area contributed by atoms with E-state index in [0.717, 1.165) is 5.39 Å². The van der Waals surface area contributed by atoms with E-state index in [4.69, 9.17) is 10.2 Å². The number of carboxylic acids is 2. The molecule has 1 aromatic heterocycles. The highest BCUT2D eigenvalue weighted by atomic mass is 16.4. The lowest BCUT2D eigenvalue weighted by Crippen LogP contribution is -2.42. The number of benzene rings is 1. The quantitative estimate of drug-likeness (QED) is 0.752. The Bertz CT molecular complexity index is 708. The van der Waals surface area contributed by atoms with Gasteiger partial charge >= 0.3 is 11.9 Å². The monoisotopic (exact) mass is 288 g/mol. The van der Waals surface area contributed by atoms with Crippen LogP contribution in [0.1, 0.15) is 16.8 Å². The standard InChI is InChI=1S/C14H12N2O5/c17-11(18)7-10(14(20)21)16-13(19)9-5-1-3-8-4-2-6-15-12(8)9/h1-6,10H,7H2,(H,16,19)(H,17,18)(H,20,21)/t10-/m1/s1. The third-order valence-electron chi connectivity index (χ3n) is 2.86. The molecule has 0 unspecified atom stereocenters. The van der Waals surface area contributed by atoms with Gasteiger partial charge in [-0.15, -0.1) is 0 Å². The summed E-state index contributed by atoms with van der Waals surface area (Å²) >= 11 is 0. The van der Waals surface area contributed by atoms with Gasteiger partial charge in [0.2, 0.25) is 0 Å². The van der Waals surface area contributed by atoms with Crippen molar-refractivity contribution >= 4 is 28.7 Å². The molecule has 0 saturated heterocycles. The van der Waals surface area contributed by atoms with Gasteiger partial charge in [-0.2, -0.15) is 0 Å². The third kappa shape index (κ3) is 3.33. The Morgan fingerprint density at radius 2 is 1.86 bits per heavy atom. The maximum atomic E-state index is 12.1. The van der Waals surface area contributed by atoms with Crippen molar-refractivity contribution in [1.29, 1.82) is 0 Å². The lowest BCUT2D eigenvalue weighted by atomic mass is 10.1. The van der Waals surface area contributed by atoms with Crippen LogP contribution in [0.25, 0.3) is 10.9 Å². The molecule has 0 aliphatic heterocycles. The molecule has 7 heteroatoms. The van der Waals surface area contributed by atoms with Crippen molar-refractivity contribution in [2.24, 2.45) is 0 Å². The van der Waals surface area contributed by atoms with Crippen LogP contribution in [0, 0.1) is 0 Å². The maximum Gasteiger partial charge on any atom is 0.326 e. The molecule has 0 saturated carbocycles. The number of nitrogens with one attached hydrogen (secondary N) is 1. The van der Waals surface area contributed by atoms with Gasteiger partial charge in [0.05, 0.1) is 17.5 Å². The molecule has 2 rings (SSSR count). The lowest BCUT2D eigenvalue weighted by Gasteiger charge is -2.13. The molecule has 1 heterocycles. The second-order valence-corrected chi connectivity index (χ2v) is 4.34. The van der Waals surface area contributed by atoms with E-state index < -0.39 is 30.3 Å². The van der Waals surface area contributed by atoms with Crippen LogP contribution in [0.2, 0.25) is 0 Å². The molecule has 0 radical (unpaired) electrons. The zero-order valence-corrected chi connectivity index (χ0v) is 10.8. The van der Waals surface area contributed by atoms with Gasteiger partial charge in [-0.3, -0.25) is 14.6 Å². The Morgan fingerprint density at radius 3 is 2.52 bits per heavy atom. The second kappa shape index (κ2) is 6.00. The van der Waals surface area contributed by atoms with Crippen molar-refractivity contribution in [3.63, 3.8) is 0 Å². The summed E-state index contributed by atoms with van der Waals surface area (Å²) in [4.78, 5) is 37.8. The second-order valence-electron chi connectivity index (χ2n) is 4.34. The Balaban J connectivity index is 2.29. The fraction of sp³-hybridized carbons (Fsp3) is 0.143. The largest absolute Gasteiger partial charge is 0.481 e. The van der Waals surface area contributed by atoms with Crippen molar-refractivity contribution in [3.8, 4) is 0 Å². The predicted octanol–water partition coefficient (Wildman–Crippen LogP) is 0.892. The van der Waals surface area contributed by atoms with E-state index in [0.29, 0.717) is 5.52 Å². The molecule has 1 amide bonds. The smallest absolute Gasteiger partial charge is 0.326 e. The van der Waals surface area contributed by atoms with Crippen molar-refractivity contribution < 1.29 is 24.6 Å². The highest BCUT2D eigenvalue weighted by Gasteiger charge is 2.24. The van der Waals surface area contributed by atoms with Gasteiger partial charge in [0.1, 0.15) is 6.04 Å². The van der Waals surface area contributed by atoms with E-state index in [1.165, 1.54) is 12.3 Å². The van der Waals surface area contributed by atoms with Crippen LogP contribution >= 0.6 is 0 Å². The van der Waals surface area contributed by atoms with Crippen LogP contribution in [-0.4, -0.2) is 39.1 Å². The van der Waals surface area contributed by atoms with Gasteiger partial charge in [-0.05, 0) is 12.1 Å². The van der Waals surface area contributed by atoms with Crippen molar-refractivity contribution in [2.45, 2.75) is 12.5 Å². The van der Waals surface area contributed by atoms with Gasteiger partial charge in [0, 0.05) is 11.6 Å². The molecule has 0 bridgehead atoms. The first kappa shape index (κ1) is 14.4. The first-order chi connectivity index (χ1) is 9.99. The number of hydrogen-bond donors (Lipinski definition) is 3. The molecule has 2 aromatic rings. The molecular weight excluding hydrogens is 276 g/mol. The molecule has 1 aromatic carbocycles. The number of rotatable bonds is 5. The molecule has 108 valence electrons. The van der Waals surface area contributed by atoms with Crippen LogP contribution in [0.5, 0.6) is 0 Å². The summed E-state index contributed by atoms with van der Waals surface area (Å²) in [5, 5.41) is 20.5. The fourth-order valence-electron chi connectivity index (χ4n) is 1.90. The number of aromatic nitrogens is 1. The highest BCUT2D eigenvalue weighted by Crippen LogP contribution is 2.16. The molecule has 1 atom stereocenters. The van der Waals surface area contributed by atoms with Crippen molar-refractivity contribution in [3.05, 3.63) is 42.1 Å². The van der Waals surface area contributed by atoms with Gasteiger partial charge in [-0.25, -0.2) is 4.79 Å². The van der Waals surface area contributed by atoms with Crippen molar-refractivity contribution in [2.75, 3.05) is 0 Å². The molecule has 21 heavy (non-hydrogen) atoms. The highest BCUT2D eigenvalue weighted by molar-refractivity contribution is 6.06. The van der Waals surface area contributed by atoms with E-state index in [1.807, 2.05) is 0 Å². The first-order valence-electron chi connectivity index (χ1n) is 6.08. The zero-order chi connectivity index (χ0) is 15.4. The van der Waals surface area contributed by atoms with Gasteiger partial charge in [-0.1, -0.05) is 18.2 Å². The number of fused-ring (bicyclic) bond motifs is 1. The van der Waals surface area contributed by atoms with Crippen LogP contribution in [0.3, 0.4) is 0 Å². The first-order valence-corrected chi connectivity index (χ1v) is 6.08. The number of carboxylic acid groups (broad SMARTS) is 2.